The Kier molecular flexibility index (Phi) is 7.24. The van der Waals surface area contributed by atoms with Crippen molar-refractivity contribution in [2.45, 2.75) is 46.3 Å². The van der Waals surface area contributed by atoms with Crippen LogP contribution in [0, 0.1) is 5.92 Å². The first kappa shape index (κ1) is 17.6. The molecule has 23 heavy (non-hydrogen) atoms. The third kappa shape index (κ3) is 5.77. The van der Waals surface area contributed by atoms with Crippen LogP contribution in [0.4, 0.5) is 0 Å². The Bertz CT molecular complexity index is 547. The van der Waals surface area contributed by atoms with E-state index >= 15 is 0 Å². The summed E-state index contributed by atoms with van der Waals surface area (Å²) in [5.41, 5.74) is 9.49. The van der Waals surface area contributed by atoms with Crippen LogP contribution in [-0.2, 0) is 19.6 Å². The summed E-state index contributed by atoms with van der Waals surface area (Å²) in [4.78, 5) is 6.78. The maximum atomic E-state index is 5.69. The topological polar surface area (TPSA) is 42.1 Å². The van der Waals surface area contributed by atoms with E-state index < -0.39 is 0 Å². The molecule has 3 heteroatoms. The largest absolute Gasteiger partial charge is 0.326 e. The molecule has 0 saturated heterocycles. The van der Waals surface area contributed by atoms with E-state index in [4.69, 9.17) is 5.73 Å². The third-order valence-electron chi connectivity index (χ3n) is 4.46. The van der Waals surface area contributed by atoms with Gasteiger partial charge in [0, 0.05) is 38.6 Å². The van der Waals surface area contributed by atoms with Gasteiger partial charge < -0.3 is 5.73 Å². The molecule has 3 nitrogen and oxygen atoms in total. The Labute approximate surface area is 140 Å². The van der Waals surface area contributed by atoms with Crippen LogP contribution in [0.3, 0.4) is 0 Å². The fourth-order valence-corrected chi connectivity index (χ4v) is 2.89. The summed E-state index contributed by atoms with van der Waals surface area (Å²) in [6.07, 6.45) is 6.26. The van der Waals surface area contributed by atoms with Gasteiger partial charge in [-0.25, -0.2) is 0 Å². The summed E-state index contributed by atoms with van der Waals surface area (Å²) in [6.45, 7) is 8.21. The Morgan fingerprint density at radius 2 is 1.61 bits per heavy atom. The number of pyridine rings is 1. The van der Waals surface area contributed by atoms with Gasteiger partial charge in [0.25, 0.3) is 0 Å². The normalized spacial score (nSPS) is 11.3. The lowest BCUT2D eigenvalue weighted by Gasteiger charge is -2.26. The summed E-state index contributed by atoms with van der Waals surface area (Å²) in [6, 6.07) is 12.8. The van der Waals surface area contributed by atoms with Crippen LogP contribution in [-0.4, -0.2) is 16.4 Å². The summed E-state index contributed by atoms with van der Waals surface area (Å²) in [5, 5.41) is 0. The van der Waals surface area contributed by atoms with E-state index in [1.54, 1.807) is 0 Å². The minimum absolute atomic E-state index is 0.605. The summed E-state index contributed by atoms with van der Waals surface area (Å²) >= 11 is 0. The summed E-state index contributed by atoms with van der Waals surface area (Å²) in [7, 11) is 0. The maximum absolute atomic E-state index is 5.69. The molecule has 124 valence electrons. The van der Waals surface area contributed by atoms with Crippen molar-refractivity contribution in [3.05, 3.63) is 65.5 Å². The van der Waals surface area contributed by atoms with Crippen molar-refractivity contribution >= 4 is 0 Å². The van der Waals surface area contributed by atoms with Gasteiger partial charge in [-0.05, 0) is 28.7 Å². The molecular formula is C20H29N3. The van der Waals surface area contributed by atoms with Gasteiger partial charge in [0.15, 0.2) is 0 Å². The molecule has 0 bridgehead atoms. The van der Waals surface area contributed by atoms with Gasteiger partial charge in [0.2, 0.25) is 0 Å². The van der Waals surface area contributed by atoms with Crippen molar-refractivity contribution < 1.29 is 0 Å². The monoisotopic (exact) mass is 311 g/mol. The zero-order chi connectivity index (χ0) is 16.5. The van der Waals surface area contributed by atoms with Crippen LogP contribution in [0.5, 0.6) is 0 Å². The van der Waals surface area contributed by atoms with E-state index in [1.165, 1.54) is 29.5 Å². The van der Waals surface area contributed by atoms with E-state index in [9.17, 15) is 0 Å². The highest BCUT2D eigenvalue weighted by Crippen LogP contribution is 2.16. The first-order valence-electron chi connectivity index (χ1n) is 8.64. The third-order valence-corrected chi connectivity index (χ3v) is 4.46. The molecule has 1 aromatic heterocycles. The second-order valence-corrected chi connectivity index (χ2v) is 6.23. The van der Waals surface area contributed by atoms with Crippen LogP contribution in [0.2, 0.25) is 0 Å². The zero-order valence-corrected chi connectivity index (χ0v) is 14.4. The van der Waals surface area contributed by atoms with Crippen LogP contribution in [0.15, 0.2) is 48.8 Å². The number of aromatic nitrogens is 1. The van der Waals surface area contributed by atoms with Crippen molar-refractivity contribution in [3.8, 4) is 0 Å². The molecule has 2 N–H and O–H groups in total. The van der Waals surface area contributed by atoms with Crippen LogP contribution in [0.1, 0.15) is 43.4 Å². The minimum Gasteiger partial charge on any atom is -0.326 e. The van der Waals surface area contributed by atoms with Gasteiger partial charge in [-0.2, -0.15) is 0 Å². The molecule has 2 rings (SSSR count). The van der Waals surface area contributed by atoms with Crippen LogP contribution < -0.4 is 5.73 Å². The van der Waals surface area contributed by atoms with Crippen molar-refractivity contribution in [3.63, 3.8) is 0 Å². The highest BCUT2D eigenvalue weighted by Gasteiger charge is 2.13. The van der Waals surface area contributed by atoms with Crippen molar-refractivity contribution in [1.82, 2.24) is 9.88 Å². The van der Waals surface area contributed by atoms with Crippen molar-refractivity contribution in [2.24, 2.45) is 11.7 Å². The van der Waals surface area contributed by atoms with Crippen molar-refractivity contribution in [1.29, 1.82) is 0 Å². The first-order chi connectivity index (χ1) is 11.2. The highest BCUT2D eigenvalue weighted by molar-refractivity contribution is 5.22. The van der Waals surface area contributed by atoms with Crippen LogP contribution in [0.25, 0.3) is 0 Å². The predicted octanol–water partition coefficient (Wildman–Crippen LogP) is 3.98. The molecule has 0 fully saturated rings. The van der Waals surface area contributed by atoms with Crippen molar-refractivity contribution in [2.75, 3.05) is 6.54 Å². The molecule has 1 heterocycles. The standard InChI is InChI=1S/C20H29N3/c1-3-17(4-2)14-23(16-20-6-5-11-22-13-20)15-19-9-7-18(12-21)8-10-19/h5-11,13,17H,3-4,12,14-16,21H2,1-2H3. The number of rotatable bonds is 9. The van der Waals surface area contributed by atoms with E-state index in [0.29, 0.717) is 6.54 Å². The average molecular weight is 311 g/mol. The lowest BCUT2D eigenvalue weighted by molar-refractivity contribution is 0.207. The summed E-state index contributed by atoms with van der Waals surface area (Å²) in [5.74, 6) is 0.745. The van der Waals surface area contributed by atoms with Gasteiger partial charge in [-0.1, -0.05) is 57.0 Å². The predicted molar refractivity (Wildman–Crippen MR) is 96.8 cm³/mol. The van der Waals surface area contributed by atoms with Gasteiger partial charge in [0.1, 0.15) is 0 Å². The fraction of sp³-hybridized carbons (Fsp3) is 0.450. The Hall–Kier alpha value is -1.71. The molecule has 0 saturated carbocycles. The van der Waals surface area contributed by atoms with Gasteiger partial charge in [-0.15, -0.1) is 0 Å². The SMILES string of the molecule is CCC(CC)CN(Cc1ccc(CN)cc1)Cc1cccnc1. The first-order valence-corrected chi connectivity index (χ1v) is 8.64. The van der Waals surface area contributed by atoms with E-state index in [1.807, 2.05) is 18.5 Å². The minimum atomic E-state index is 0.605. The molecule has 0 unspecified atom stereocenters. The number of hydrogen-bond donors (Lipinski definition) is 1. The lowest BCUT2D eigenvalue weighted by atomic mass is 10.0. The van der Waals surface area contributed by atoms with Gasteiger partial charge >= 0.3 is 0 Å². The smallest absolute Gasteiger partial charge is 0.0312 e. The molecule has 0 radical (unpaired) electrons. The molecule has 0 atom stereocenters. The highest BCUT2D eigenvalue weighted by atomic mass is 15.1. The van der Waals surface area contributed by atoms with E-state index in [2.05, 4.69) is 54.1 Å². The second kappa shape index (κ2) is 9.43. The molecule has 0 aliphatic rings. The lowest BCUT2D eigenvalue weighted by Crippen LogP contribution is -2.28. The Morgan fingerprint density at radius 1 is 0.957 bits per heavy atom. The average Bonchev–Trinajstić information content (AvgIpc) is 2.61. The Morgan fingerprint density at radius 3 is 2.17 bits per heavy atom. The number of benzene rings is 1. The number of nitrogens with two attached hydrogens (primary N) is 1. The molecule has 2 aromatic rings. The zero-order valence-electron chi connectivity index (χ0n) is 14.4. The number of nitrogens with zero attached hydrogens (tertiary/aromatic N) is 2. The molecule has 1 aromatic carbocycles. The maximum Gasteiger partial charge on any atom is 0.0312 e. The molecule has 0 aliphatic heterocycles. The van der Waals surface area contributed by atoms with Crippen LogP contribution >= 0.6 is 0 Å². The Balaban J connectivity index is 2.07. The fourth-order valence-electron chi connectivity index (χ4n) is 2.89. The van der Waals surface area contributed by atoms with E-state index in [-0.39, 0.29) is 0 Å². The van der Waals surface area contributed by atoms with Gasteiger partial charge in [0.05, 0.1) is 0 Å². The summed E-state index contributed by atoms with van der Waals surface area (Å²) < 4.78 is 0. The molecule has 0 amide bonds. The number of hydrogen-bond acceptors (Lipinski definition) is 3. The van der Waals surface area contributed by atoms with E-state index in [0.717, 1.165) is 25.6 Å². The molecular weight excluding hydrogens is 282 g/mol. The molecule has 0 spiro atoms. The quantitative estimate of drug-likeness (QED) is 0.761. The second-order valence-electron chi connectivity index (χ2n) is 6.23. The van der Waals surface area contributed by atoms with Gasteiger partial charge in [-0.3, -0.25) is 9.88 Å². The molecule has 0 aliphatic carbocycles.